The Balaban J connectivity index is 2.77. The summed E-state index contributed by atoms with van der Waals surface area (Å²) in [6, 6.07) is 3.53. The number of nitrogens with one attached hydrogen (secondary N) is 1. The molecule has 0 aromatic heterocycles. The zero-order valence-electron chi connectivity index (χ0n) is 10.6. The van der Waals surface area contributed by atoms with Crippen LogP contribution in [0.2, 0.25) is 0 Å². The number of carbonyl (C=O) groups is 1. The van der Waals surface area contributed by atoms with Gasteiger partial charge in [-0.2, -0.15) is 0 Å². The van der Waals surface area contributed by atoms with Crippen molar-refractivity contribution < 1.29 is 13.6 Å². The number of carbonyl (C=O) groups excluding carboxylic acids is 1. The predicted molar refractivity (Wildman–Crippen MR) is 66.0 cm³/mol. The standard InChI is InChI=1S/C13H18F2N2O/c1-3-13(2,8-16)17-12(18)7-9-10(14)5-4-6-11(9)15/h4-6H,3,7-8,16H2,1-2H3,(H,17,18). The monoisotopic (exact) mass is 256 g/mol. The summed E-state index contributed by atoms with van der Waals surface area (Å²) in [5.74, 6) is -1.86. The molecule has 1 atom stereocenters. The lowest BCUT2D eigenvalue weighted by molar-refractivity contribution is -0.122. The summed E-state index contributed by atoms with van der Waals surface area (Å²) in [4.78, 5) is 11.8. The summed E-state index contributed by atoms with van der Waals surface area (Å²) in [5, 5.41) is 2.70. The molecule has 0 spiro atoms. The fourth-order valence-corrected chi connectivity index (χ4v) is 1.53. The Labute approximate surface area is 105 Å². The molecule has 18 heavy (non-hydrogen) atoms. The molecule has 0 bridgehead atoms. The number of hydrogen-bond donors (Lipinski definition) is 2. The Morgan fingerprint density at radius 3 is 2.39 bits per heavy atom. The summed E-state index contributed by atoms with van der Waals surface area (Å²) in [6.45, 7) is 3.95. The molecule has 0 aliphatic heterocycles. The molecule has 1 amide bonds. The Morgan fingerprint density at radius 1 is 1.39 bits per heavy atom. The van der Waals surface area contributed by atoms with E-state index in [1.54, 1.807) is 6.92 Å². The Kier molecular flexibility index (Phi) is 4.78. The van der Waals surface area contributed by atoms with Gasteiger partial charge >= 0.3 is 0 Å². The molecule has 0 radical (unpaired) electrons. The second kappa shape index (κ2) is 5.91. The van der Waals surface area contributed by atoms with E-state index in [0.29, 0.717) is 6.42 Å². The number of benzene rings is 1. The lowest BCUT2D eigenvalue weighted by Crippen LogP contribution is -2.51. The zero-order valence-corrected chi connectivity index (χ0v) is 10.6. The van der Waals surface area contributed by atoms with Crippen molar-refractivity contribution in [3.63, 3.8) is 0 Å². The molecule has 100 valence electrons. The number of hydrogen-bond acceptors (Lipinski definition) is 2. The van der Waals surface area contributed by atoms with E-state index >= 15 is 0 Å². The molecule has 3 nitrogen and oxygen atoms in total. The summed E-state index contributed by atoms with van der Waals surface area (Å²) in [7, 11) is 0. The van der Waals surface area contributed by atoms with E-state index in [4.69, 9.17) is 5.73 Å². The van der Waals surface area contributed by atoms with Gasteiger partial charge in [0.1, 0.15) is 11.6 Å². The van der Waals surface area contributed by atoms with Gasteiger partial charge in [0.15, 0.2) is 0 Å². The van der Waals surface area contributed by atoms with Gasteiger partial charge in [0, 0.05) is 17.6 Å². The number of rotatable bonds is 5. The van der Waals surface area contributed by atoms with Crippen molar-refractivity contribution in [2.24, 2.45) is 5.73 Å². The van der Waals surface area contributed by atoms with Gasteiger partial charge in [-0.05, 0) is 25.5 Å². The van der Waals surface area contributed by atoms with Gasteiger partial charge in [-0.1, -0.05) is 13.0 Å². The Morgan fingerprint density at radius 2 is 1.94 bits per heavy atom. The van der Waals surface area contributed by atoms with E-state index in [2.05, 4.69) is 5.32 Å². The number of halogens is 2. The third-order valence-corrected chi connectivity index (χ3v) is 3.07. The van der Waals surface area contributed by atoms with Gasteiger partial charge in [-0.15, -0.1) is 0 Å². The SMILES string of the molecule is CCC(C)(CN)NC(=O)Cc1c(F)cccc1F. The van der Waals surface area contributed by atoms with Gasteiger partial charge < -0.3 is 11.1 Å². The third kappa shape index (κ3) is 3.50. The van der Waals surface area contributed by atoms with E-state index in [-0.39, 0.29) is 18.5 Å². The first kappa shape index (κ1) is 14.6. The maximum Gasteiger partial charge on any atom is 0.225 e. The van der Waals surface area contributed by atoms with Crippen molar-refractivity contribution in [1.29, 1.82) is 0 Å². The lowest BCUT2D eigenvalue weighted by Gasteiger charge is -2.28. The average Bonchev–Trinajstić information content (AvgIpc) is 2.34. The minimum Gasteiger partial charge on any atom is -0.349 e. The third-order valence-electron chi connectivity index (χ3n) is 3.07. The van der Waals surface area contributed by atoms with Crippen molar-refractivity contribution in [3.8, 4) is 0 Å². The minimum absolute atomic E-state index is 0.217. The molecule has 1 rings (SSSR count). The highest BCUT2D eigenvalue weighted by atomic mass is 19.1. The first-order valence-corrected chi connectivity index (χ1v) is 5.86. The fraction of sp³-hybridized carbons (Fsp3) is 0.462. The van der Waals surface area contributed by atoms with Crippen molar-refractivity contribution in [2.45, 2.75) is 32.2 Å². The van der Waals surface area contributed by atoms with Crippen LogP contribution in [0.1, 0.15) is 25.8 Å². The first-order valence-electron chi connectivity index (χ1n) is 5.86. The molecule has 0 saturated heterocycles. The fourth-order valence-electron chi connectivity index (χ4n) is 1.53. The van der Waals surface area contributed by atoms with E-state index in [0.717, 1.165) is 12.1 Å². The first-order chi connectivity index (χ1) is 8.41. The van der Waals surface area contributed by atoms with Crippen LogP contribution in [0.15, 0.2) is 18.2 Å². The second-order valence-electron chi connectivity index (χ2n) is 4.54. The van der Waals surface area contributed by atoms with Gasteiger partial charge in [0.2, 0.25) is 5.91 Å². The van der Waals surface area contributed by atoms with Crippen LogP contribution < -0.4 is 11.1 Å². The van der Waals surface area contributed by atoms with Gasteiger partial charge in [-0.3, -0.25) is 4.79 Å². The van der Waals surface area contributed by atoms with Crippen LogP contribution in [0.5, 0.6) is 0 Å². The van der Waals surface area contributed by atoms with Crippen LogP contribution in [-0.4, -0.2) is 18.0 Å². The molecule has 1 aromatic carbocycles. The molecule has 0 fully saturated rings. The quantitative estimate of drug-likeness (QED) is 0.843. The van der Waals surface area contributed by atoms with E-state index in [9.17, 15) is 13.6 Å². The molecule has 1 unspecified atom stereocenters. The van der Waals surface area contributed by atoms with E-state index in [1.807, 2.05) is 6.92 Å². The molecule has 1 aromatic rings. The Hall–Kier alpha value is -1.49. The number of amides is 1. The van der Waals surface area contributed by atoms with Crippen LogP contribution in [-0.2, 0) is 11.2 Å². The molecule has 0 aliphatic rings. The Bertz CT molecular complexity index is 411. The summed E-state index contributed by atoms with van der Waals surface area (Å²) < 4.78 is 26.7. The number of nitrogens with two attached hydrogens (primary N) is 1. The molecule has 3 N–H and O–H groups in total. The summed E-state index contributed by atoms with van der Waals surface area (Å²) in [6.07, 6.45) is 0.323. The second-order valence-corrected chi connectivity index (χ2v) is 4.54. The highest BCUT2D eigenvalue weighted by molar-refractivity contribution is 5.79. The smallest absolute Gasteiger partial charge is 0.225 e. The topological polar surface area (TPSA) is 55.1 Å². The normalized spacial score (nSPS) is 14.1. The average molecular weight is 256 g/mol. The van der Waals surface area contributed by atoms with Crippen LogP contribution in [0, 0.1) is 11.6 Å². The van der Waals surface area contributed by atoms with Crippen molar-refractivity contribution in [3.05, 3.63) is 35.4 Å². The maximum absolute atomic E-state index is 13.4. The van der Waals surface area contributed by atoms with Crippen LogP contribution >= 0.6 is 0 Å². The maximum atomic E-state index is 13.4. The molecule has 0 aliphatic carbocycles. The van der Waals surface area contributed by atoms with E-state index in [1.165, 1.54) is 6.07 Å². The van der Waals surface area contributed by atoms with Gasteiger partial charge in [0.05, 0.1) is 6.42 Å². The van der Waals surface area contributed by atoms with Crippen molar-refractivity contribution in [1.82, 2.24) is 5.32 Å². The van der Waals surface area contributed by atoms with Crippen LogP contribution in [0.3, 0.4) is 0 Å². The summed E-state index contributed by atoms with van der Waals surface area (Å²) >= 11 is 0. The largest absolute Gasteiger partial charge is 0.349 e. The molecule has 5 heteroatoms. The van der Waals surface area contributed by atoms with Crippen molar-refractivity contribution >= 4 is 5.91 Å². The zero-order chi connectivity index (χ0) is 13.8. The van der Waals surface area contributed by atoms with Crippen LogP contribution in [0.25, 0.3) is 0 Å². The molecule has 0 saturated carbocycles. The highest BCUT2D eigenvalue weighted by Gasteiger charge is 2.23. The highest BCUT2D eigenvalue weighted by Crippen LogP contribution is 2.14. The molecule has 0 heterocycles. The van der Waals surface area contributed by atoms with Crippen LogP contribution in [0.4, 0.5) is 8.78 Å². The molecular formula is C13H18F2N2O. The van der Waals surface area contributed by atoms with Gasteiger partial charge in [-0.25, -0.2) is 8.78 Å². The minimum atomic E-state index is -0.712. The molecular weight excluding hydrogens is 238 g/mol. The summed E-state index contributed by atoms with van der Waals surface area (Å²) in [5.41, 5.74) is 4.80. The van der Waals surface area contributed by atoms with Crippen molar-refractivity contribution in [2.75, 3.05) is 6.54 Å². The van der Waals surface area contributed by atoms with E-state index < -0.39 is 23.1 Å². The predicted octanol–water partition coefficient (Wildman–Crippen LogP) is 1.75. The van der Waals surface area contributed by atoms with Gasteiger partial charge in [0.25, 0.3) is 0 Å². The lowest BCUT2D eigenvalue weighted by atomic mass is 9.98.